The van der Waals surface area contributed by atoms with Crippen LogP contribution in [0.3, 0.4) is 0 Å². The van der Waals surface area contributed by atoms with Gasteiger partial charge in [-0.3, -0.25) is 0 Å². The Labute approximate surface area is 168 Å². The first-order valence-electron chi connectivity index (χ1n) is 9.99. The maximum absolute atomic E-state index is 14.3. The summed E-state index contributed by atoms with van der Waals surface area (Å²) in [5, 5.41) is 38.5. The van der Waals surface area contributed by atoms with Crippen LogP contribution in [0.25, 0.3) is 17.1 Å². The highest BCUT2D eigenvalue weighted by Crippen LogP contribution is 2.38. The van der Waals surface area contributed by atoms with Crippen molar-refractivity contribution in [3.05, 3.63) is 47.8 Å². The molecular weight excluding hydrogens is 373 g/mol. The number of phenolic OH excluding ortho intramolecular Hbond substituents is 2. The lowest BCUT2D eigenvalue weighted by molar-refractivity contribution is 0.337. The molecule has 0 unspecified atom stereocenters. The molecule has 1 saturated carbocycles. The van der Waals surface area contributed by atoms with E-state index in [-0.39, 0.29) is 28.6 Å². The second-order valence-electron chi connectivity index (χ2n) is 7.65. The highest BCUT2D eigenvalue weighted by molar-refractivity contribution is 5.69. The van der Waals surface area contributed by atoms with Crippen molar-refractivity contribution in [1.82, 2.24) is 14.8 Å². The first-order chi connectivity index (χ1) is 14.0. The summed E-state index contributed by atoms with van der Waals surface area (Å²) in [6, 6.07) is 8.36. The number of para-hydroxylation sites is 1. The smallest absolute Gasteiger partial charge is 0.319 e. The van der Waals surface area contributed by atoms with Crippen molar-refractivity contribution in [2.45, 2.75) is 44.9 Å². The van der Waals surface area contributed by atoms with Crippen molar-refractivity contribution in [2.24, 2.45) is 5.92 Å². The van der Waals surface area contributed by atoms with Crippen LogP contribution in [0.15, 0.2) is 36.4 Å². The van der Waals surface area contributed by atoms with Crippen molar-refractivity contribution in [1.29, 1.82) is 0 Å². The van der Waals surface area contributed by atoms with Crippen LogP contribution in [0.5, 0.6) is 17.5 Å². The summed E-state index contributed by atoms with van der Waals surface area (Å²) in [5.74, 6) is -0.00712. The van der Waals surface area contributed by atoms with Crippen LogP contribution in [0.1, 0.15) is 44.1 Å². The summed E-state index contributed by atoms with van der Waals surface area (Å²) in [4.78, 5) is 0. The molecule has 29 heavy (non-hydrogen) atoms. The van der Waals surface area contributed by atoms with Gasteiger partial charge >= 0.3 is 6.01 Å². The predicted octanol–water partition coefficient (Wildman–Crippen LogP) is 4.70. The molecule has 0 bridgehead atoms. The number of aromatic hydroxyl groups is 3. The summed E-state index contributed by atoms with van der Waals surface area (Å²) in [5.41, 5.74) is 1.03. The highest BCUT2D eigenvalue weighted by Gasteiger charge is 2.22. The summed E-state index contributed by atoms with van der Waals surface area (Å²) < 4.78 is 15.5. The minimum Gasteiger partial charge on any atom is -0.508 e. The average molecular weight is 397 g/mol. The molecule has 0 saturated heterocycles. The van der Waals surface area contributed by atoms with Crippen molar-refractivity contribution < 1.29 is 19.7 Å². The number of hydrogen-bond donors (Lipinski definition) is 3. The minimum atomic E-state index is -0.556. The van der Waals surface area contributed by atoms with Gasteiger partial charge in [-0.2, -0.15) is 0 Å². The third-order valence-electron chi connectivity index (χ3n) is 5.72. The van der Waals surface area contributed by atoms with Crippen LogP contribution in [0.4, 0.5) is 4.39 Å². The van der Waals surface area contributed by atoms with Gasteiger partial charge in [-0.15, -0.1) is 5.10 Å². The van der Waals surface area contributed by atoms with Crippen molar-refractivity contribution in [3.8, 4) is 34.6 Å². The van der Waals surface area contributed by atoms with E-state index >= 15 is 0 Å². The maximum atomic E-state index is 14.3. The summed E-state index contributed by atoms with van der Waals surface area (Å²) in [7, 11) is 0. The number of aromatic nitrogens is 3. The van der Waals surface area contributed by atoms with E-state index in [9.17, 15) is 19.7 Å². The molecule has 1 aromatic heterocycles. The zero-order valence-corrected chi connectivity index (χ0v) is 16.1. The van der Waals surface area contributed by atoms with Gasteiger partial charge in [0.2, 0.25) is 0 Å². The molecule has 0 radical (unpaired) electrons. The molecule has 0 aliphatic heterocycles. The standard InChI is InChI=1S/C22H24FN3O3/c23-17-8-4-5-9-18(17)26-21(24-25-22(26)29)16-12-15(19(27)13-20(16)28)11-10-14-6-2-1-3-7-14/h4-5,8-9,12-14,27-28H,1-3,6-7,10-11H2,(H,25,29). The van der Waals surface area contributed by atoms with Crippen molar-refractivity contribution in [2.75, 3.05) is 0 Å². The van der Waals surface area contributed by atoms with Crippen LogP contribution in [-0.2, 0) is 6.42 Å². The van der Waals surface area contributed by atoms with E-state index in [0.29, 0.717) is 17.9 Å². The van der Waals surface area contributed by atoms with Gasteiger partial charge in [0.25, 0.3) is 0 Å². The Morgan fingerprint density at radius 1 is 0.966 bits per heavy atom. The second kappa shape index (κ2) is 8.11. The lowest BCUT2D eigenvalue weighted by Gasteiger charge is -2.21. The van der Waals surface area contributed by atoms with E-state index in [1.807, 2.05) is 0 Å². The molecule has 1 aliphatic carbocycles. The predicted molar refractivity (Wildman–Crippen MR) is 107 cm³/mol. The molecular formula is C22H24FN3O3. The van der Waals surface area contributed by atoms with Gasteiger partial charge in [-0.1, -0.05) is 49.3 Å². The third kappa shape index (κ3) is 3.90. The first-order valence-corrected chi connectivity index (χ1v) is 9.99. The topological polar surface area (TPSA) is 91.4 Å². The van der Waals surface area contributed by atoms with Crippen LogP contribution in [0, 0.1) is 11.7 Å². The molecule has 152 valence electrons. The highest BCUT2D eigenvalue weighted by atomic mass is 19.1. The average Bonchev–Trinajstić information content (AvgIpc) is 3.09. The molecule has 4 rings (SSSR count). The number of phenols is 2. The summed E-state index contributed by atoms with van der Waals surface area (Å²) in [6.45, 7) is 0. The number of aryl methyl sites for hydroxylation is 1. The second-order valence-corrected chi connectivity index (χ2v) is 7.65. The molecule has 1 aliphatic rings. The monoisotopic (exact) mass is 397 g/mol. The molecule has 3 aromatic rings. The Morgan fingerprint density at radius 3 is 2.48 bits per heavy atom. The van der Waals surface area contributed by atoms with Crippen molar-refractivity contribution in [3.63, 3.8) is 0 Å². The fraction of sp³-hybridized carbons (Fsp3) is 0.364. The van der Waals surface area contributed by atoms with Crippen LogP contribution in [0.2, 0.25) is 0 Å². The molecule has 6 nitrogen and oxygen atoms in total. The summed E-state index contributed by atoms with van der Waals surface area (Å²) in [6.07, 6.45) is 7.85. The molecule has 0 amide bonds. The molecule has 3 N–H and O–H groups in total. The Balaban J connectivity index is 1.70. The van der Waals surface area contributed by atoms with Gasteiger partial charge in [0.05, 0.1) is 11.3 Å². The molecule has 0 atom stereocenters. The van der Waals surface area contributed by atoms with Crippen LogP contribution >= 0.6 is 0 Å². The zero-order valence-electron chi connectivity index (χ0n) is 16.1. The van der Waals surface area contributed by atoms with E-state index in [1.165, 1.54) is 50.3 Å². The van der Waals surface area contributed by atoms with Gasteiger partial charge in [0, 0.05) is 6.07 Å². The normalized spacial score (nSPS) is 14.9. The Bertz CT molecular complexity index is 1010. The van der Waals surface area contributed by atoms with E-state index < -0.39 is 11.8 Å². The van der Waals surface area contributed by atoms with Gasteiger partial charge in [-0.25, -0.2) is 8.96 Å². The molecule has 1 heterocycles. The van der Waals surface area contributed by atoms with E-state index in [0.717, 1.165) is 11.0 Å². The lowest BCUT2D eigenvalue weighted by Crippen LogP contribution is -2.07. The molecule has 7 heteroatoms. The Hall–Kier alpha value is -3.09. The lowest BCUT2D eigenvalue weighted by atomic mass is 9.85. The molecule has 0 spiro atoms. The Morgan fingerprint density at radius 2 is 1.72 bits per heavy atom. The summed E-state index contributed by atoms with van der Waals surface area (Å²) >= 11 is 0. The molecule has 1 fully saturated rings. The number of hydrogen-bond acceptors (Lipinski definition) is 5. The fourth-order valence-corrected chi connectivity index (χ4v) is 4.14. The van der Waals surface area contributed by atoms with Crippen molar-refractivity contribution >= 4 is 0 Å². The minimum absolute atomic E-state index is 0.0169. The van der Waals surface area contributed by atoms with E-state index in [1.54, 1.807) is 18.2 Å². The largest absolute Gasteiger partial charge is 0.508 e. The maximum Gasteiger partial charge on any atom is 0.319 e. The third-order valence-corrected chi connectivity index (χ3v) is 5.72. The number of nitrogens with zero attached hydrogens (tertiary/aromatic N) is 3. The first kappa shape index (κ1) is 19.2. The molecule has 2 aromatic carbocycles. The van der Waals surface area contributed by atoms with Gasteiger partial charge in [0.15, 0.2) is 5.82 Å². The van der Waals surface area contributed by atoms with E-state index in [2.05, 4.69) is 10.2 Å². The van der Waals surface area contributed by atoms with E-state index in [4.69, 9.17) is 0 Å². The SMILES string of the molecule is Oc1cc(O)c(-c2nnc(O)n2-c2ccccc2F)cc1CCC1CCCCC1. The number of halogens is 1. The van der Waals surface area contributed by atoms with Gasteiger partial charge in [0.1, 0.15) is 17.3 Å². The fourth-order valence-electron chi connectivity index (χ4n) is 4.14. The quantitative estimate of drug-likeness (QED) is 0.580. The van der Waals surface area contributed by atoms with Crippen LogP contribution < -0.4 is 0 Å². The van der Waals surface area contributed by atoms with Crippen LogP contribution in [-0.4, -0.2) is 30.1 Å². The number of rotatable bonds is 5. The number of benzene rings is 2. The van der Waals surface area contributed by atoms with Gasteiger partial charge in [-0.05, 0) is 42.5 Å². The zero-order chi connectivity index (χ0) is 20.4. The van der Waals surface area contributed by atoms with Gasteiger partial charge < -0.3 is 15.3 Å². The Kier molecular flexibility index (Phi) is 5.38.